The number of halogens is 4. The minimum atomic E-state index is -4.89. The zero-order chi connectivity index (χ0) is 24.8. The van der Waals surface area contributed by atoms with Gasteiger partial charge in [-0.2, -0.15) is 22.5 Å². The van der Waals surface area contributed by atoms with Gasteiger partial charge in [-0.05, 0) is 55.9 Å². The van der Waals surface area contributed by atoms with E-state index in [1.165, 1.54) is 0 Å². The van der Waals surface area contributed by atoms with E-state index in [2.05, 4.69) is 20.2 Å². The fraction of sp³-hybridized carbons (Fsp3) is 0.522. The van der Waals surface area contributed by atoms with Gasteiger partial charge in [-0.1, -0.05) is 0 Å². The number of amides is 1. The third-order valence-corrected chi connectivity index (χ3v) is 6.11. The molecule has 2 heterocycles. The van der Waals surface area contributed by atoms with E-state index in [1.807, 2.05) is 29.6 Å². The number of nitrogens with one attached hydrogen (secondary N) is 2. The lowest BCUT2D eigenvalue weighted by molar-refractivity contribution is -0.174. The van der Waals surface area contributed by atoms with Crippen molar-refractivity contribution < 1.29 is 31.8 Å². The van der Waals surface area contributed by atoms with E-state index in [4.69, 9.17) is 9.47 Å². The molecule has 1 aromatic heterocycles. The second kappa shape index (κ2) is 11.1. The molecule has 12 heteroatoms. The molecule has 2 fully saturated rings. The van der Waals surface area contributed by atoms with Crippen molar-refractivity contribution in [3.05, 3.63) is 36.3 Å². The number of benzene rings is 1. The lowest BCUT2D eigenvalue weighted by Gasteiger charge is -2.29. The molecular formula is C23H27F4N5O3. The molecule has 8 nitrogen and oxygen atoms in total. The van der Waals surface area contributed by atoms with Gasteiger partial charge in [-0.15, -0.1) is 0 Å². The van der Waals surface area contributed by atoms with Crippen LogP contribution in [0.25, 0.3) is 0 Å². The van der Waals surface area contributed by atoms with Gasteiger partial charge in [-0.25, -0.2) is 4.98 Å². The van der Waals surface area contributed by atoms with Crippen LogP contribution in [0.1, 0.15) is 25.7 Å². The molecule has 0 bridgehead atoms. The number of ether oxygens (including phenoxy) is 2. The number of nitrogens with zero attached hydrogens (tertiary/aromatic N) is 3. The van der Waals surface area contributed by atoms with Crippen molar-refractivity contribution in [2.75, 3.05) is 43.1 Å². The monoisotopic (exact) mass is 497 g/mol. The molecule has 0 radical (unpaired) electrons. The molecule has 1 aromatic carbocycles. The van der Waals surface area contributed by atoms with Crippen LogP contribution in [-0.4, -0.2) is 61.0 Å². The molecule has 1 amide bonds. The highest BCUT2D eigenvalue weighted by atomic mass is 19.4. The van der Waals surface area contributed by atoms with Gasteiger partial charge < -0.3 is 25.0 Å². The Kier molecular flexibility index (Phi) is 7.89. The smallest absolute Gasteiger partial charge is 0.471 e. The predicted molar refractivity (Wildman–Crippen MR) is 120 cm³/mol. The Balaban J connectivity index is 1.27. The minimum Gasteiger partial charge on any atom is -0.475 e. The third-order valence-electron chi connectivity index (χ3n) is 6.11. The maximum Gasteiger partial charge on any atom is 0.471 e. The van der Waals surface area contributed by atoms with Gasteiger partial charge in [0, 0.05) is 30.5 Å². The van der Waals surface area contributed by atoms with Crippen LogP contribution in [0.5, 0.6) is 5.88 Å². The van der Waals surface area contributed by atoms with Crippen molar-refractivity contribution in [2.45, 2.75) is 37.9 Å². The summed E-state index contributed by atoms with van der Waals surface area (Å²) in [7, 11) is 0. The Bertz CT molecular complexity index is 992. The van der Waals surface area contributed by atoms with Gasteiger partial charge in [0.15, 0.2) is 0 Å². The van der Waals surface area contributed by atoms with E-state index in [1.54, 1.807) is 0 Å². The summed E-state index contributed by atoms with van der Waals surface area (Å²) < 4.78 is 62.3. The number of hydrogen-bond donors (Lipinski definition) is 2. The molecule has 0 unspecified atom stereocenters. The average molecular weight is 497 g/mol. The number of carbonyl (C=O) groups excluding carboxylic acids is 1. The van der Waals surface area contributed by atoms with Crippen molar-refractivity contribution in [3.8, 4) is 5.88 Å². The zero-order valence-electron chi connectivity index (χ0n) is 19.0. The first-order valence-corrected chi connectivity index (χ1v) is 11.5. The molecule has 0 spiro atoms. The molecule has 2 N–H and O–H groups in total. The number of aromatic nitrogens is 2. The fourth-order valence-corrected chi connectivity index (χ4v) is 4.16. The van der Waals surface area contributed by atoms with Crippen LogP contribution in [0.4, 0.5) is 34.9 Å². The van der Waals surface area contributed by atoms with Gasteiger partial charge >= 0.3 is 12.1 Å². The summed E-state index contributed by atoms with van der Waals surface area (Å²) in [5.74, 6) is -2.62. The largest absolute Gasteiger partial charge is 0.475 e. The number of rotatable bonds is 7. The first-order chi connectivity index (χ1) is 16.8. The Morgan fingerprint density at radius 1 is 1.11 bits per heavy atom. The second-order valence-electron chi connectivity index (χ2n) is 8.62. The summed E-state index contributed by atoms with van der Waals surface area (Å²) in [6, 6.07) is 7.19. The van der Waals surface area contributed by atoms with Crippen molar-refractivity contribution in [1.82, 2.24) is 15.3 Å². The highest BCUT2D eigenvalue weighted by molar-refractivity contribution is 5.81. The summed E-state index contributed by atoms with van der Waals surface area (Å²) in [5.41, 5.74) is 1.81. The Morgan fingerprint density at radius 2 is 1.80 bits per heavy atom. The standard InChI is InChI=1S/C23H27F4N5O3/c24-19-13-28-22(30-17-5-7-18(8-6-17)32-9-11-34-12-10-32)31-20(19)35-14-15-1-3-16(4-2-15)29-21(33)23(25,26)27/h5-8,13,15-16H,1-4,9-12,14H2,(H,29,33)(H,28,30,31)/t15-,16-. The molecule has 2 aromatic rings. The maximum atomic E-state index is 14.2. The fourth-order valence-electron chi connectivity index (χ4n) is 4.16. The molecule has 1 aliphatic heterocycles. The highest BCUT2D eigenvalue weighted by Crippen LogP contribution is 2.27. The van der Waals surface area contributed by atoms with E-state index in [0.717, 1.165) is 30.7 Å². The predicted octanol–water partition coefficient (Wildman–Crippen LogP) is 3.81. The van der Waals surface area contributed by atoms with Gasteiger partial charge in [0.05, 0.1) is 26.0 Å². The van der Waals surface area contributed by atoms with Crippen molar-refractivity contribution in [3.63, 3.8) is 0 Å². The summed E-state index contributed by atoms with van der Waals surface area (Å²) in [5, 5.41) is 5.04. The van der Waals surface area contributed by atoms with Gasteiger partial charge in [0.2, 0.25) is 11.8 Å². The van der Waals surface area contributed by atoms with Crippen molar-refractivity contribution in [2.24, 2.45) is 5.92 Å². The van der Waals surface area contributed by atoms with E-state index < -0.39 is 23.9 Å². The number of hydrogen-bond acceptors (Lipinski definition) is 7. The lowest BCUT2D eigenvalue weighted by Crippen LogP contribution is -2.44. The SMILES string of the molecule is O=C(N[C@H]1CC[C@H](COc2nc(Nc3ccc(N4CCOCC4)cc3)ncc2F)CC1)C(F)(F)F. The van der Waals surface area contributed by atoms with Crippen LogP contribution in [0, 0.1) is 11.7 Å². The average Bonchev–Trinajstić information content (AvgIpc) is 2.85. The van der Waals surface area contributed by atoms with Crippen LogP contribution >= 0.6 is 0 Å². The normalized spacial score (nSPS) is 20.9. The molecule has 4 rings (SSSR count). The molecule has 1 aliphatic carbocycles. The van der Waals surface area contributed by atoms with Crippen LogP contribution in [-0.2, 0) is 9.53 Å². The van der Waals surface area contributed by atoms with E-state index in [-0.39, 0.29) is 24.4 Å². The number of morpholine rings is 1. The van der Waals surface area contributed by atoms with E-state index in [9.17, 15) is 22.4 Å². The zero-order valence-corrected chi connectivity index (χ0v) is 19.0. The van der Waals surface area contributed by atoms with Gasteiger partial charge in [0.25, 0.3) is 5.88 Å². The molecular weight excluding hydrogens is 470 g/mol. The summed E-state index contributed by atoms with van der Waals surface area (Å²) in [6.45, 7) is 3.23. The third kappa shape index (κ3) is 6.93. The van der Waals surface area contributed by atoms with Crippen LogP contribution in [0.3, 0.4) is 0 Å². The number of carbonyl (C=O) groups is 1. The number of alkyl halides is 3. The first kappa shape index (κ1) is 25.0. The molecule has 0 atom stereocenters. The lowest BCUT2D eigenvalue weighted by atomic mass is 9.86. The topological polar surface area (TPSA) is 88.6 Å². The van der Waals surface area contributed by atoms with Crippen LogP contribution in [0.15, 0.2) is 30.5 Å². The first-order valence-electron chi connectivity index (χ1n) is 11.5. The Hall–Kier alpha value is -3.15. The summed E-state index contributed by atoms with van der Waals surface area (Å²) in [6.07, 6.45) is -1.96. The van der Waals surface area contributed by atoms with E-state index in [0.29, 0.717) is 38.9 Å². The van der Waals surface area contributed by atoms with Gasteiger partial charge in [0.1, 0.15) is 0 Å². The molecule has 1 saturated carbocycles. The molecule has 35 heavy (non-hydrogen) atoms. The quantitative estimate of drug-likeness (QED) is 0.563. The molecule has 1 saturated heterocycles. The van der Waals surface area contributed by atoms with E-state index >= 15 is 0 Å². The number of anilines is 3. The van der Waals surface area contributed by atoms with Crippen molar-refractivity contribution in [1.29, 1.82) is 0 Å². The molecule has 190 valence electrons. The van der Waals surface area contributed by atoms with Crippen LogP contribution < -0.4 is 20.3 Å². The second-order valence-corrected chi connectivity index (χ2v) is 8.62. The van der Waals surface area contributed by atoms with Gasteiger partial charge in [-0.3, -0.25) is 4.79 Å². The summed E-state index contributed by atoms with van der Waals surface area (Å²) >= 11 is 0. The highest BCUT2D eigenvalue weighted by Gasteiger charge is 2.40. The maximum absolute atomic E-state index is 14.2. The van der Waals surface area contributed by atoms with Crippen molar-refractivity contribution >= 4 is 23.2 Å². The Morgan fingerprint density at radius 3 is 2.46 bits per heavy atom. The minimum absolute atomic E-state index is 0.0209. The molecule has 2 aliphatic rings. The Labute approximate surface area is 200 Å². The van der Waals surface area contributed by atoms with Crippen LogP contribution in [0.2, 0.25) is 0 Å². The summed E-state index contributed by atoms with van der Waals surface area (Å²) in [4.78, 5) is 21.4.